The van der Waals surface area contributed by atoms with Crippen LogP contribution >= 0.6 is 23.2 Å². The van der Waals surface area contributed by atoms with Crippen molar-refractivity contribution in [3.8, 4) is 5.75 Å². The van der Waals surface area contributed by atoms with E-state index in [9.17, 15) is 14.9 Å². The van der Waals surface area contributed by atoms with E-state index in [1.165, 1.54) is 21.6 Å². The third-order valence-electron chi connectivity index (χ3n) is 3.60. The third kappa shape index (κ3) is 4.78. The van der Waals surface area contributed by atoms with Crippen LogP contribution in [0.15, 0.2) is 42.9 Å². The number of nitro groups is 1. The van der Waals surface area contributed by atoms with Crippen LogP contribution in [0.4, 0.5) is 5.69 Å². The predicted molar refractivity (Wildman–Crippen MR) is 101 cm³/mol. The normalized spacial score (nSPS) is 10.6. The summed E-state index contributed by atoms with van der Waals surface area (Å²) in [5.41, 5.74) is 0.0945. The topological polar surface area (TPSA) is 117 Å². The number of halogens is 2. The number of hydrogen-bond donors (Lipinski definition) is 1. The number of rotatable bonds is 8. The maximum Gasteiger partial charge on any atom is 0.306 e. The average molecular weight is 425 g/mol. The summed E-state index contributed by atoms with van der Waals surface area (Å²) in [5, 5.41) is 21.9. The first-order valence-electron chi connectivity index (χ1n) is 7.99. The van der Waals surface area contributed by atoms with Gasteiger partial charge in [0.25, 0.3) is 5.91 Å². The molecule has 10 nitrogen and oxygen atoms in total. The van der Waals surface area contributed by atoms with Crippen LogP contribution in [-0.4, -0.2) is 36.9 Å². The Morgan fingerprint density at radius 3 is 2.86 bits per heavy atom. The second-order valence-electron chi connectivity index (χ2n) is 5.54. The Morgan fingerprint density at radius 2 is 2.11 bits per heavy atom. The van der Waals surface area contributed by atoms with Crippen LogP contribution in [0.5, 0.6) is 5.75 Å². The Labute approximate surface area is 168 Å². The fourth-order valence-electron chi connectivity index (χ4n) is 2.23. The molecule has 1 aromatic carbocycles. The van der Waals surface area contributed by atoms with Crippen molar-refractivity contribution in [3.05, 3.63) is 68.7 Å². The van der Waals surface area contributed by atoms with Gasteiger partial charge in [-0.1, -0.05) is 29.3 Å². The van der Waals surface area contributed by atoms with Crippen LogP contribution in [-0.2, 0) is 13.3 Å². The molecular weight excluding hydrogens is 411 g/mol. The van der Waals surface area contributed by atoms with Gasteiger partial charge in [-0.2, -0.15) is 10.2 Å². The van der Waals surface area contributed by atoms with Gasteiger partial charge in [0.2, 0.25) is 0 Å². The van der Waals surface area contributed by atoms with E-state index in [1.54, 1.807) is 24.4 Å². The second-order valence-corrected chi connectivity index (χ2v) is 6.33. The standard InChI is InChI=1S/C16H14Cl2N6O4/c17-12-2-1-3-14(15(12)18)28-10-23-6-4-13(21-23)16(25)19-5-7-22-9-11(8-20-22)24(26)27/h1-4,6,8-9H,5,7,10H2,(H,19,25). The number of benzene rings is 1. The number of carbonyl (C=O) groups excluding carboxylic acids is 1. The number of aromatic nitrogens is 4. The van der Waals surface area contributed by atoms with Gasteiger partial charge in [-0.15, -0.1) is 0 Å². The van der Waals surface area contributed by atoms with E-state index in [0.717, 1.165) is 6.20 Å². The summed E-state index contributed by atoms with van der Waals surface area (Å²) >= 11 is 12.0. The SMILES string of the molecule is O=C(NCCn1cc([N+](=O)[O-])cn1)c1ccn(COc2cccc(Cl)c2Cl)n1. The van der Waals surface area contributed by atoms with Gasteiger partial charge in [0.15, 0.2) is 6.73 Å². The Morgan fingerprint density at radius 1 is 1.29 bits per heavy atom. The quantitative estimate of drug-likeness (QED) is 0.438. The third-order valence-corrected chi connectivity index (χ3v) is 4.40. The van der Waals surface area contributed by atoms with Crippen LogP contribution in [0.1, 0.15) is 10.5 Å². The van der Waals surface area contributed by atoms with Gasteiger partial charge in [-0.3, -0.25) is 19.6 Å². The Bertz CT molecular complexity index is 1000. The van der Waals surface area contributed by atoms with Crippen molar-refractivity contribution in [1.82, 2.24) is 24.9 Å². The zero-order valence-corrected chi connectivity index (χ0v) is 15.8. The Balaban J connectivity index is 1.49. The highest BCUT2D eigenvalue weighted by Gasteiger charge is 2.12. The summed E-state index contributed by atoms with van der Waals surface area (Å²) in [5.74, 6) is 0.0187. The Kier molecular flexibility index (Phi) is 6.12. The average Bonchev–Trinajstić information content (AvgIpc) is 3.32. The van der Waals surface area contributed by atoms with Gasteiger partial charge < -0.3 is 10.1 Å². The first kappa shape index (κ1) is 19.6. The van der Waals surface area contributed by atoms with E-state index < -0.39 is 4.92 Å². The lowest BCUT2D eigenvalue weighted by Crippen LogP contribution is -2.28. The maximum absolute atomic E-state index is 12.1. The van der Waals surface area contributed by atoms with Crippen molar-refractivity contribution >= 4 is 34.8 Å². The molecule has 12 heteroatoms. The molecule has 28 heavy (non-hydrogen) atoms. The zero-order chi connectivity index (χ0) is 20.1. The lowest BCUT2D eigenvalue weighted by molar-refractivity contribution is -0.385. The second kappa shape index (κ2) is 8.72. The van der Waals surface area contributed by atoms with Crippen molar-refractivity contribution < 1.29 is 14.5 Å². The van der Waals surface area contributed by atoms with E-state index in [-0.39, 0.29) is 37.1 Å². The Hall–Kier alpha value is -3.11. The van der Waals surface area contributed by atoms with Crippen molar-refractivity contribution in [1.29, 1.82) is 0 Å². The zero-order valence-electron chi connectivity index (χ0n) is 14.3. The van der Waals surface area contributed by atoms with Gasteiger partial charge in [0, 0.05) is 12.7 Å². The first-order chi connectivity index (χ1) is 13.4. The molecule has 2 aromatic heterocycles. The van der Waals surface area contributed by atoms with E-state index >= 15 is 0 Å². The molecule has 0 saturated heterocycles. The molecule has 0 bridgehead atoms. The minimum atomic E-state index is -0.534. The number of nitrogens with one attached hydrogen (secondary N) is 1. The van der Waals surface area contributed by atoms with Crippen LogP contribution in [0.25, 0.3) is 0 Å². The highest BCUT2D eigenvalue weighted by molar-refractivity contribution is 6.42. The van der Waals surface area contributed by atoms with Gasteiger partial charge in [0.1, 0.15) is 28.9 Å². The molecule has 0 aliphatic rings. The van der Waals surface area contributed by atoms with Crippen molar-refractivity contribution in [3.63, 3.8) is 0 Å². The molecule has 0 atom stereocenters. The molecule has 0 fully saturated rings. The highest BCUT2D eigenvalue weighted by atomic mass is 35.5. The molecule has 0 unspecified atom stereocenters. The predicted octanol–water partition coefficient (Wildman–Crippen LogP) is 2.76. The van der Waals surface area contributed by atoms with Gasteiger partial charge in [-0.05, 0) is 18.2 Å². The smallest absolute Gasteiger partial charge is 0.306 e. The van der Waals surface area contributed by atoms with Crippen molar-refractivity contribution in [2.45, 2.75) is 13.3 Å². The number of carbonyl (C=O) groups is 1. The summed E-state index contributed by atoms with van der Waals surface area (Å²) < 4.78 is 8.35. The van der Waals surface area contributed by atoms with Gasteiger partial charge >= 0.3 is 5.69 Å². The summed E-state index contributed by atoms with van der Waals surface area (Å²) in [6, 6.07) is 6.57. The highest BCUT2D eigenvalue weighted by Crippen LogP contribution is 2.31. The lowest BCUT2D eigenvalue weighted by Gasteiger charge is -2.08. The minimum absolute atomic E-state index is 0.0459. The van der Waals surface area contributed by atoms with E-state index in [2.05, 4.69) is 15.5 Å². The molecule has 3 aromatic rings. The van der Waals surface area contributed by atoms with Crippen molar-refractivity contribution in [2.24, 2.45) is 0 Å². The molecule has 2 heterocycles. The van der Waals surface area contributed by atoms with Crippen molar-refractivity contribution in [2.75, 3.05) is 6.54 Å². The molecule has 0 aliphatic carbocycles. The molecule has 146 valence electrons. The number of ether oxygens (including phenoxy) is 1. The molecule has 1 amide bonds. The van der Waals surface area contributed by atoms with E-state index in [0.29, 0.717) is 15.8 Å². The van der Waals surface area contributed by atoms with Gasteiger partial charge in [-0.25, -0.2) is 4.68 Å². The molecule has 0 aliphatic heterocycles. The number of nitrogens with zero attached hydrogens (tertiary/aromatic N) is 5. The largest absolute Gasteiger partial charge is 0.470 e. The fourth-order valence-corrected chi connectivity index (χ4v) is 2.58. The molecule has 3 rings (SSSR count). The summed E-state index contributed by atoms with van der Waals surface area (Å²) in [6.07, 6.45) is 4.03. The van der Waals surface area contributed by atoms with Crippen LogP contribution in [0, 0.1) is 10.1 Å². The summed E-state index contributed by atoms with van der Waals surface area (Å²) in [7, 11) is 0. The molecular formula is C16H14Cl2N6O4. The lowest BCUT2D eigenvalue weighted by atomic mass is 10.3. The monoisotopic (exact) mass is 424 g/mol. The van der Waals surface area contributed by atoms with E-state index in [4.69, 9.17) is 27.9 Å². The van der Waals surface area contributed by atoms with Crippen LogP contribution in [0.3, 0.4) is 0 Å². The molecule has 0 spiro atoms. The van der Waals surface area contributed by atoms with Crippen LogP contribution in [0.2, 0.25) is 10.0 Å². The summed E-state index contributed by atoms with van der Waals surface area (Å²) in [6.45, 7) is 0.570. The van der Waals surface area contributed by atoms with Gasteiger partial charge in [0.05, 0.1) is 16.5 Å². The molecule has 1 N–H and O–H groups in total. The molecule has 0 saturated carbocycles. The fraction of sp³-hybridized carbons (Fsp3) is 0.188. The number of amides is 1. The minimum Gasteiger partial charge on any atom is -0.470 e. The number of hydrogen-bond acceptors (Lipinski definition) is 6. The van der Waals surface area contributed by atoms with Crippen LogP contribution < -0.4 is 10.1 Å². The maximum atomic E-state index is 12.1. The first-order valence-corrected chi connectivity index (χ1v) is 8.75. The molecule has 0 radical (unpaired) electrons. The summed E-state index contributed by atoms with van der Waals surface area (Å²) in [4.78, 5) is 22.2. The van der Waals surface area contributed by atoms with E-state index in [1.807, 2.05) is 0 Å².